The molecule has 0 heterocycles. The van der Waals surface area contributed by atoms with Gasteiger partial charge in [0.25, 0.3) is 0 Å². The predicted octanol–water partition coefficient (Wildman–Crippen LogP) is 2.34. The first kappa shape index (κ1) is 12.1. The highest BCUT2D eigenvalue weighted by molar-refractivity contribution is 8.15. The molecule has 1 atom stereocenters. The fraction of sp³-hybridized carbons (Fsp3) is 0.200. The Morgan fingerprint density at radius 1 is 1.33 bits per heavy atom. The van der Waals surface area contributed by atoms with Crippen LogP contribution in [0.4, 0.5) is 0 Å². The second-order valence-electron chi connectivity index (χ2n) is 2.82. The predicted molar refractivity (Wildman–Crippen MR) is 62.9 cm³/mol. The molecular weight excluding hydrogens is 232 g/mol. The third-order valence-electron chi connectivity index (χ3n) is 1.72. The zero-order valence-corrected chi connectivity index (χ0v) is 9.76. The molecule has 0 bridgehead atoms. The Bertz CT molecular complexity index is 351. The van der Waals surface area contributed by atoms with Crippen LogP contribution in [0.15, 0.2) is 30.3 Å². The van der Waals surface area contributed by atoms with Crippen molar-refractivity contribution in [3.63, 3.8) is 0 Å². The molecule has 0 saturated carbocycles. The lowest BCUT2D eigenvalue weighted by atomic mass is 10.2. The summed E-state index contributed by atoms with van der Waals surface area (Å²) in [7, 11) is 0. The summed E-state index contributed by atoms with van der Waals surface area (Å²) in [5.74, 6) is -0.521. The molecule has 1 unspecified atom stereocenters. The molecule has 0 N–H and O–H groups in total. The van der Waals surface area contributed by atoms with Gasteiger partial charge in [0.1, 0.15) is 5.25 Å². The minimum atomic E-state index is -0.546. The van der Waals surface area contributed by atoms with Gasteiger partial charge in [-0.1, -0.05) is 42.1 Å². The summed E-state index contributed by atoms with van der Waals surface area (Å²) in [5, 5.41) is -0.697. The first-order valence-corrected chi connectivity index (χ1v) is 5.51. The van der Waals surface area contributed by atoms with Crippen molar-refractivity contribution < 1.29 is 13.8 Å². The van der Waals surface area contributed by atoms with Gasteiger partial charge in [-0.15, -0.1) is 0 Å². The minimum absolute atomic E-state index is 0.151. The lowest BCUT2D eigenvalue weighted by Gasteiger charge is -2.06. The summed E-state index contributed by atoms with van der Waals surface area (Å²) in [6.45, 7) is 1.60. The molecule has 1 aromatic rings. The molecule has 0 aliphatic rings. The molecule has 1 aromatic carbocycles. The molecular formula is C10H10O3S2. The van der Waals surface area contributed by atoms with Gasteiger partial charge in [0, 0.05) is 18.5 Å². The van der Waals surface area contributed by atoms with Crippen LogP contribution in [-0.4, -0.2) is 16.3 Å². The summed E-state index contributed by atoms with van der Waals surface area (Å²) in [5.41, 5.74) is 0.571. The number of hydrogen-bond acceptors (Lipinski definition) is 5. The van der Waals surface area contributed by atoms with Gasteiger partial charge in [-0.3, -0.25) is 4.79 Å². The minimum Gasteiger partial charge on any atom is -0.394 e. The molecule has 0 saturated heterocycles. The maximum absolute atomic E-state index is 11.6. The summed E-state index contributed by atoms with van der Waals surface area (Å²) >= 11 is 4.31. The van der Waals surface area contributed by atoms with Crippen LogP contribution in [0.3, 0.4) is 0 Å². The van der Waals surface area contributed by atoms with Crippen molar-refractivity contribution in [3.8, 4) is 0 Å². The molecule has 0 amide bonds. The van der Waals surface area contributed by atoms with E-state index in [1.54, 1.807) is 31.2 Å². The van der Waals surface area contributed by atoms with Crippen LogP contribution in [0.1, 0.15) is 17.3 Å². The number of hydrogen-bond donors (Lipinski definition) is 1. The highest BCUT2D eigenvalue weighted by atomic mass is 32.2. The zero-order valence-electron chi connectivity index (χ0n) is 8.04. The van der Waals surface area contributed by atoms with E-state index in [0.29, 0.717) is 5.56 Å². The van der Waals surface area contributed by atoms with Gasteiger partial charge in [0.2, 0.25) is 5.12 Å². The van der Waals surface area contributed by atoms with E-state index in [9.17, 15) is 9.59 Å². The summed E-state index contributed by atoms with van der Waals surface area (Å²) < 4.78 is 4.23. The maximum Gasteiger partial charge on any atom is 0.331 e. The van der Waals surface area contributed by atoms with E-state index in [0.717, 1.165) is 11.8 Å². The maximum atomic E-state index is 11.6. The lowest BCUT2D eigenvalue weighted by molar-refractivity contribution is -0.131. The average Bonchev–Trinajstić information content (AvgIpc) is 2.29. The van der Waals surface area contributed by atoms with E-state index in [2.05, 4.69) is 17.1 Å². The van der Waals surface area contributed by atoms with Crippen LogP contribution in [0.2, 0.25) is 0 Å². The molecule has 0 radical (unpaired) electrons. The third kappa shape index (κ3) is 3.60. The van der Waals surface area contributed by atoms with E-state index in [4.69, 9.17) is 0 Å². The molecule has 15 heavy (non-hydrogen) atoms. The molecule has 5 heteroatoms. The summed E-state index contributed by atoms with van der Waals surface area (Å²) in [6.07, 6.45) is 0. The zero-order chi connectivity index (χ0) is 11.3. The number of thiol groups is 1. The fourth-order valence-corrected chi connectivity index (χ4v) is 1.89. The smallest absolute Gasteiger partial charge is 0.331 e. The Morgan fingerprint density at radius 2 is 1.93 bits per heavy atom. The topological polar surface area (TPSA) is 43.4 Å². The normalized spacial score (nSPS) is 11.9. The van der Waals surface area contributed by atoms with Gasteiger partial charge in [0.05, 0.1) is 0 Å². The molecule has 3 nitrogen and oxygen atoms in total. The Hall–Kier alpha value is -0.940. The van der Waals surface area contributed by atoms with Gasteiger partial charge in [-0.25, -0.2) is 4.79 Å². The average molecular weight is 242 g/mol. The van der Waals surface area contributed by atoms with E-state index < -0.39 is 11.2 Å². The molecule has 0 aliphatic heterocycles. The number of carbonyl (C=O) groups is 2. The Labute approximate surface area is 97.8 Å². The van der Waals surface area contributed by atoms with Crippen LogP contribution in [-0.2, 0) is 8.98 Å². The van der Waals surface area contributed by atoms with Gasteiger partial charge in [0.15, 0.2) is 0 Å². The Morgan fingerprint density at radius 3 is 2.47 bits per heavy atom. The SMILES string of the molecule is CC(SC(=O)c1ccccc1)C(=O)OS. The van der Waals surface area contributed by atoms with Crippen molar-refractivity contribution >= 4 is 35.8 Å². The van der Waals surface area contributed by atoms with Crippen molar-refractivity contribution in [2.24, 2.45) is 0 Å². The van der Waals surface area contributed by atoms with Gasteiger partial charge in [-0.2, -0.15) is 0 Å². The summed E-state index contributed by atoms with van der Waals surface area (Å²) in [6, 6.07) is 8.78. The van der Waals surface area contributed by atoms with E-state index in [1.165, 1.54) is 0 Å². The van der Waals surface area contributed by atoms with Crippen LogP contribution < -0.4 is 0 Å². The van der Waals surface area contributed by atoms with Crippen molar-refractivity contribution in [3.05, 3.63) is 35.9 Å². The Kier molecular flexibility index (Phi) is 4.71. The number of rotatable bonds is 3. The molecule has 0 aromatic heterocycles. The number of carbonyl (C=O) groups excluding carboxylic acids is 2. The van der Waals surface area contributed by atoms with Gasteiger partial charge in [-0.05, 0) is 6.92 Å². The van der Waals surface area contributed by atoms with Gasteiger partial charge < -0.3 is 4.18 Å². The highest BCUT2D eigenvalue weighted by Gasteiger charge is 2.19. The summed E-state index contributed by atoms with van der Waals surface area (Å²) in [4.78, 5) is 22.6. The van der Waals surface area contributed by atoms with Crippen LogP contribution in [0.5, 0.6) is 0 Å². The molecule has 1 rings (SSSR count). The van der Waals surface area contributed by atoms with Crippen LogP contribution in [0, 0.1) is 0 Å². The van der Waals surface area contributed by atoms with Crippen LogP contribution in [0.25, 0.3) is 0 Å². The van der Waals surface area contributed by atoms with E-state index >= 15 is 0 Å². The van der Waals surface area contributed by atoms with Crippen molar-refractivity contribution in [2.45, 2.75) is 12.2 Å². The fourth-order valence-electron chi connectivity index (χ4n) is 0.925. The van der Waals surface area contributed by atoms with Crippen molar-refractivity contribution in [1.29, 1.82) is 0 Å². The third-order valence-corrected chi connectivity index (χ3v) is 2.89. The quantitative estimate of drug-likeness (QED) is 0.652. The first-order valence-electron chi connectivity index (χ1n) is 4.26. The molecule has 0 aliphatic carbocycles. The molecule has 0 spiro atoms. The number of benzene rings is 1. The van der Waals surface area contributed by atoms with E-state index in [1.807, 2.05) is 6.07 Å². The van der Waals surface area contributed by atoms with Crippen molar-refractivity contribution in [2.75, 3.05) is 0 Å². The lowest BCUT2D eigenvalue weighted by Crippen LogP contribution is -2.15. The number of thioether (sulfide) groups is 1. The van der Waals surface area contributed by atoms with E-state index in [-0.39, 0.29) is 5.12 Å². The standard InChI is InChI=1S/C10H10O3S2/c1-7(9(11)13-14)15-10(12)8-5-3-2-4-6-8/h2-7,14H,1H3. The molecule has 80 valence electrons. The first-order chi connectivity index (χ1) is 7.15. The van der Waals surface area contributed by atoms with Crippen molar-refractivity contribution in [1.82, 2.24) is 0 Å². The Balaban J connectivity index is 2.61. The van der Waals surface area contributed by atoms with Gasteiger partial charge >= 0.3 is 5.97 Å². The monoisotopic (exact) mass is 242 g/mol. The second kappa shape index (κ2) is 5.82. The second-order valence-corrected chi connectivity index (χ2v) is 4.32. The molecule has 0 fully saturated rings. The highest BCUT2D eigenvalue weighted by Crippen LogP contribution is 2.18. The largest absolute Gasteiger partial charge is 0.394 e. The van der Waals surface area contributed by atoms with Crippen LogP contribution >= 0.6 is 24.7 Å².